The molecule has 0 radical (unpaired) electrons. The summed E-state index contributed by atoms with van der Waals surface area (Å²) in [6.45, 7) is 1.73. The average molecular weight is 421 g/mol. The van der Waals surface area contributed by atoms with Gasteiger partial charge in [0.2, 0.25) is 11.8 Å². The lowest BCUT2D eigenvalue weighted by atomic mass is 10.0. The van der Waals surface area contributed by atoms with Gasteiger partial charge in [-0.25, -0.2) is 9.37 Å². The van der Waals surface area contributed by atoms with Crippen LogP contribution in [0.5, 0.6) is 5.88 Å². The Morgan fingerprint density at radius 1 is 1.03 bits per heavy atom. The highest BCUT2D eigenvalue weighted by Gasteiger charge is 2.15. The van der Waals surface area contributed by atoms with E-state index in [1.54, 1.807) is 63.8 Å². The third-order valence-electron chi connectivity index (χ3n) is 5.02. The van der Waals surface area contributed by atoms with Crippen molar-refractivity contribution in [3.63, 3.8) is 0 Å². The molecule has 1 amide bonds. The molecule has 0 N–H and O–H groups in total. The van der Waals surface area contributed by atoms with Crippen molar-refractivity contribution in [3.05, 3.63) is 71.9 Å². The molecule has 160 valence electrons. The summed E-state index contributed by atoms with van der Waals surface area (Å²) < 4.78 is 19.5. The van der Waals surface area contributed by atoms with E-state index >= 15 is 0 Å². The van der Waals surface area contributed by atoms with Crippen LogP contribution in [0, 0.1) is 5.82 Å². The fourth-order valence-electron chi connectivity index (χ4n) is 3.13. The maximum Gasteiger partial charge on any atom is 0.226 e. The first-order valence-electron chi connectivity index (χ1n) is 9.97. The normalized spacial score (nSPS) is 10.6. The number of carbonyl (C=O) groups excluding carboxylic acids is 2. The van der Waals surface area contributed by atoms with Crippen molar-refractivity contribution in [1.29, 1.82) is 0 Å². The first kappa shape index (κ1) is 22.1. The largest absolute Gasteiger partial charge is 0.481 e. The van der Waals surface area contributed by atoms with Crippen molar-refractivity contribution >= 4 is 17.4 Å². The number of anilines is 1. The summed E-state index contributed by atoms with van der Waals surface area (Å²) in [6, 6.07) is 11.7. The van der Waals surface area contributed by atoms with E-state index in [0.29, 0.717) is 42.0 Å². The molecule has 0 aliphatic carbocycles. The number of methoxy groups -OCH3 is 1. The van der Waals surface area contributed by atoms with Gasteiger partial charge in [0.1, 0.15) is 11.5 Å². The van der Waals surface area contributed by atoms with Crippen molar-refractivity contribution in [2.75, 3.05) is 19.1 Å². The maximum absolute atomic E-state index is 14.5. The Kier molecular flexibility index (Phi) is 7.07. The van der Waals surface area contributed by atoms with Gasteiger partial charge in [0, 0.05) is 43.9 Å². The summed E-state index contributed by atoms with van der Waals surface area (Å²) in [5.41, 5.74) is 2.83. The molecule has 3 rings (SSSR count). The highest BCUT2D eigenvalue weighted by Crippen LogP contribution is 2.26. The van der Waals surface area contributed by atoms with E-state index < -0.39 is 5.82 Å². The highest BCUT2D eigenvalue weighted by atomic mass is 19.1. The van der Waals surface area contributed by atoms with Crippen LogP contribution in [0.15, 0.2) is 54.9 Å². The zero-order valence-electron chi connectivity index (χ0n) is 17.8. The summed E-state index contributed by atoms with van der Waals surface area (Å²) in [6.07, 6.45) is 4.40. The minimum absolute atomic E-state index is 0.0800. The average Bonchev–Trinajstić information content (AvgIpc) is 2.81. The SMILES string of the molecule is CCC(=O)N(C)c1ccc(-c2ccc(C(=O)CCc3ccc(OC)nc3)nc2)cc1F. The van der Waals surface area contributed by atoms with Gasteiger partial charge in [0.05, 0.1) is 12.8 Å². The third-order valence-corrected chi connectivity index (χ3v) is 5.02. The molecule has 6 nitrogen and oxygen atoms in total. The first-order chi connectivity index (χ1) is 14.9. The lowest BCUT2D eigenvalue weighted by Crippen LogP contribution is -2.25. The molecule has 0 fully saturated rings. The Morgan fingerprint density at radius 3 is 2.39 bits per heavy atom. The number of Topliss-reactive ketones (excluding diaryl/α,β-unsaturated/α-hetero) is 1. The van der Waals surface area contributed by atoms with Crippen LogP contribution in [0.3, 0.4) is 0 Å². The number of hydrogen-bond acceptors (Lipinski definition) is 5. The van der Waals surface area contributed by atoms with Crippen LogP contribution in [-0.4, -0.2) is 35.8 Å². The first-order valence-corrected chi connectivity index (χ1v) is 9.97. The number of aromatic nitrogens is 2. The van der Waals surface area contributed by atoms with E-state index in [1.165, 1.54) is 11.0 Å². The molecule has 2 heterocycles. The zero-order chi connectivity index (χ0) is 22.4. The van der Waals surface area contributed by atoms with Crippen LogP contribution in [0.4, 0.5) is 10.1 Å². The molecule has 0 saturated heterocycles. The molecule has 0 saturated carbocycles. The minimum atomic E-state index is -0.491. The summed E-state index contributed by atoms with van der Waals surface area (Å²) in [5, 5.41) is 0. The van der Waals surface area contributed by atoms with Crippen LogP contribution in [-0.2, 0) is 11.2 Å². The predicted octanol–water partition coefficient (Wildman–Crippen LogP) is 4.48. The van der Waals surface area contributed by atoms with Gasteiger partial charge in [0.15, 0.2) is 5.78 Å². The monoisotopic (exact) mass is 421 g/mol. The summed E-state index contributed by atoms with van der Waals surface area (Å²) >= 11 is 0. The molecule has 0 atom stereocenters. The van der Waals surface area contributed by atoms with Crippen LogP contribution in [0.1, 0.15) is 35.8 Å². The van der Waals surface area contributed by atoms with Crippen LogP contribution >= 0.6 is 0 Å². The molecule has 0 bridgehead atoms. The standard InChI is InChI=1S/C24H24FN3O3/c1-4-24(30)28(2)21-10-8-17(13-19(21)25)18-7-9-20(26-15-18)22(29)11-5-16-6-12-23(31-3)27-14-16/h6-10,12-15H,4-5,11H2,1-3H3. The second-order valence-electron chi connectivity index (χ2n) is 7.04. The molecule has 3 aromatic rings. The van der Waals surface area contributed by atoms with Gasteiger partial charge in [-0.2, -0.15) is 0 Å². The Bertz CT molecular complexity index is 1070. The Balaban J connectivity index is 1.67. The number of benzene rings is 1. The lowest BCUT2D eigenvalue weighted by molar-refractivity contribution is -0.118. The van der Waals surface area contributed by atoms with E-state index in [9.17, 15) is 14.0 Å². The maximum atomic E-state index is 14.5. The number of pyridine rings is 2. The predicted molar refractivity (Wildman–Crippen MR) is 117 cm³/mol. The molecule has 2 aromatic heterocycles. The summed E-state index contributed by atoms with van der Waals surface area (Å²) in [7, 11) is 3.10. The third kappa shape index (κ3) is 5.31. The van der Waals surface area contributed by atoms with E-state index in [0.717, 1.165) is 5.56 Å². The molecule has 0 unspecified atom stereocenters. The fourth-order valence-corrected chi connectivity index (χ4v) is 3.13. The van der Waals surface area contributed by atoms with Gasteiger partial charge in [-0.05, 0) is 35.7 Å². The quantitative estimate of drug-likeness (QED) is 0.502. The smallest absolute Gasteiger partial charge is 0.226 e. The fraction of sp³-hybridized carbons (Fsp3) is 0.250. The van der Waals surface area contributed by atoms with Gasteiger partial charge in [-0.3, -0.25) is 14.6 Å². The molecule has 1 aromatic carbocycles. The zero-order valence-corrected chi connectivity index (χ0v) is 17.8. The lowest BCUT2D eigenvalue weighted by Gasteiger charge is -2.17. The number of aryl methyl sites for hydroxylation is 1. The van der Waals surface area contributed by atoms with E-state index in [2.05, 4.69) is 9.97 Å². The number of amides is 1. The van der Waals surface area contributed by atoms with E-state index in [-0.39, 0.29) is 17.4 Å². The molecule has 0 aliphatic rings. The van der Waals surface area contributed by atoms with Crippen LogP contribution < -0.4 is 9.64 Å². The second-order valence-corrected chi connectivity index (χ2v) is 7.04. The Labute approximate surface area is 180 Å². The molecule has 7 heteroatoms. The Morgan fingerprint density at radius 2 is 1.81 bits per heavy atom. The highest BCUT2D eigenvalue weighted by molar-refractivity contribution is 5.95. The second kappa shape index (κ2) is 9.93. The van der Waals surface area contributed by atoms with Crippen LogP contribution in [0.2, 0.25) is 0 Å². The summed E-state index contributed by atoms with van der Waals surface area (Å²) in [4.78, 5) is 33.9. The van der Waals surface area contributed by atoms with Gasteiger partial charge >= 0.3 is 0 Å². The number of carbonyl (C=O) groups is 2. The summed E-state index contributed by atoms with van der Waals surface area (Å²) in [5.74, 6) is -0.208. The number of ether oxygens (including phenoxy) is 1. The molecular weight excluding hydrogens is 397 g/mol. The van der Waals surface area contributed by atoms with Gasteiger partial charge in [0.25, 0.3) is 0 Å². The van der Waals surface area contributed by atoms with Crippen molar-refractivity contribution in [2.45, 2.75) is 26.2 Å². The van der Waals surface area contributed by atoms with Crippen LogP contribution in [0.25, 0.3) is 11.1 Å². The van der Waals surface area contributed by atoms with Gasteiger partial charge < -0.3 is 9.64 Å². The number of ketones is 1. The van der Waals surface area contributed by atoms with Gasteiger partial charge in [-0.1, -0.05) is 25.1 Å². The Hall–Kier alpha value is -3.61. The van der Waals surface area contributed by atoms with E-state index in [4.69, 9.17) is 4.74 Å². The van der Waals surface area contributed by atoms with E-state index in [1.807, 2.05) is 6.07 Å². The number of hydrogen-bond donors (Lipinski definition) is 0. The van der Waals surface area contributed by atoms with Crippen molar-refractivity contribution in [2.24, 2.45) is 0 Å². The molecule has 0 aliphatic heterocycles. The van der Waals surface area contributed by atoms with Crippen molar-refractivity contribution in [1.82, 2.24) is 9.97 Å². The number of rotatable bonds is 8. The minimum Gasteiger partial charge on any atom is -0.481 e. The van der Waals surface area contributed by atoms with Crippen molar-refractivity contribution in [3.8, 4) is 17.0 Å². The number of nitrogens with zero attached hydrogens (tertiary/aromatic N) is 3. The topological polar surface area (TPSA) is 72.4 Å². The van der Waals surface area contributed by atoms with Crippen molar-refractivity contribution < 1.29 is 18.7 Å². The molecule has 0 spiro atoms. The molecular formula is C24H24FN3O3. The van der Waals surface area contributed by atoms with Gasteiger partial charge in [-0.15, -0.1) is 0 Å². The molecule has 31 heavy (non-hydrogen) atoms. The number of halogens is 1.